The van der Waals surface area contributed by atoms with Gasteiger partial charge in [-0.25, -0.2) is 9.67 Å². The van der Waals surface area contributed by atoms with Crippen LogP contribution in [0.25, 0.3) is 11.2 Å². The number of halogens is 1. The highest BCUT2D eigenvalue weighted by molar-refractivity contribution is 6.30. The minimum absolute atomic E-state index is 0.0217. The Morgan fingerprint density at radius 1 is 1.16 bits per heavy atom. The Morgan fingerprint density at radius 2 is 1.87 bits per heavy atom. The van der Waals surface area contributed by atoms with E-state index in [0.717, 1.165) is 5.56 Å². The molecule has 0 bridgehead atoms. The van der Waals surface area contributed by atoms with Crippen LogP contribution in [0.4, 0.5) is 5.69 Å². The van der Waals surface area contributed by atoms with Crippen molar-refractivity contribution >= 4 is 34.4 Å². The van der Waals surface area contributed by atoms with Crippen LogP contribution in [-0.2, 0) is 6.54 Å². The van der Waals surface area contributed by atoms with E-state index in [9.17, 15) is 9.59 Å². The van der Waals surface area contributed by atoms with E-state index in [1.807, 2.05) is 6.07 Å². The molecule has 0 spiro atoms. The molecule has 2 aromatic carbocycles. The fourth-order valence-corrected chi connectivity index (χ4v) is 3.25. The first-order valence-corrected chi connectivity index (χ1v) is 9.48. The minimum atomic E-state index is -0.655. The zero-order valence-corrected chi connectivity index (χ0v) is 17.3. The van der Waals surface area contributed by atoms with Gasteiger partial charge in [-0.15, -0.1) is 5.10 Å². The zero-order valence-electron chi connectivity index (χ0n) is 16.5. The molecule has 2 N–H and O–H groups in total. The van der Waals surface area contributed by atoms with Crippen LogP contribution in [0.15, 0.2) is 47.3 Å². The number of fused-ring (bicyclic) bond motifs is 1. The largest absolute Gasteiger partial charge is 0.494 e. The van der Waals surface area contributed by atoms with Crippen molar-refractivity contribution in [3.05, 3.63) is 69.2 Å². The molecule has 2 heterocycles. The minimum Gasteiger partial charge on any atom is -0.494 e. The number of methoxy groups -OCH3 is 2. The maximum Gasteiger partial charge on any atom is 0.291 e. The number of rotatable bonds is 6. The van der Waals surface area contributed by atoms with Crippen molar-refractivity contribution in [2.24, 2.45) is 0 Å². The molecular weight excluding hydrogens is 424 g/mol. The van der Waals surface area contributed by atoms with Crippen LogP contribution >= 0.6 is 11.6 Å². The number of aromatic amines is 1. The number of nitrogens with one attached hydrogen (secondary N) is 2. The fraction of sp³-hybridized carbons (Fsp3) is 0.150. The van der Waals surface area contributed by atoms with E-state index in [1.165, 1.54) is 18.9 Å². The van der Waals surface area contributed by atoms with Crippen molar-refractivity contribution in [3.8, 4) is 11.5 Å². The summed E-state index contributed by atoms with van der Waals surface area (Å²) < 4.78 is 12.0. The molecular formula is C20H17ClN6O4. The Kier molecular flexibility index (Phi) is 5.54. The van der Waals surface area contributed by atoms with Crippen molar-refractivity contribution < 1.29 is 14.3 Å². The number of H-pyrrole nitrogens is 1. The van der Waals surface area contributed by atoms with Crippen molar-refractivity contribution in [3.63, 3.8) is 0 Å². The van der Waals surface area contributed by atoms with Gasteiger partial charge in [0.15, 0.2) is 11.2 Å². The van der Waals surface area contributed by atoms with Crippen LogP contribution in [-0.4, -0.2) is 45.1 Å². The number of carbonyl (C=O) groups is 1. The zero-order chi connectivity index (χ0) is 22.0. The van der Waals surface area contributed by atoms with Gasteiger partial charge in [-0.2, -0.15) is 0 Å². The molecule has 1 amide bonds. The Bertz CT molecular complexity index is 1310. The lowest BCUT2D eigenvalue weighted by Gasteiger charge is -2.13. The molecule has 0 fully saturated rings. The average molecular weight is 441 g/mol. The lowest BCUT2D eigenvalue weighted by Crippen LogP contribution is -2.22. The van der Waals surface area contributed by atoms with E-state index in [1.54, 1.807) is 36.4 Å². The van der Waals surface area contributed by atoms with Crippen molar-refractivity contribution in [1.29, 1.82) is 0 Å². The molecule has 0 saturated carbocycles. The standard InChI is InChI=1S/C20H17ClN6O4/c1-30-13-7-4-8-14(31-2)15(13)22-20(29)17-23-18-16(19(28)24-17)25-26-27(18)10-11-5-3-6-12(21)9-11/h3-9H,10H2,1-2H3,(H,22,29)(H,23,24,28). The molecule has 0 saturated heterocycles. The number of hydrogen-bond acceptors (Lipinski definition) is 7. The highest BCUT2D eigenvalue weighted by Gasteiger charge is 2.19. The van der Waals surface area contributed by atoms with Crippen LogP contribution in [0, 0.1) is 0 Å². The summed E-state index contributed by atoms with van der Waals surface area (Å²) in [6, 6.07) is 12.2. The quantitative estimate of drug-likeness (QED) is 0.472. The van der Waals surface area contributed by atoms with E-state index in [0.29, 0.717) is 22.2 Å². The van der Waals surface area contributed by atoms with Gasteiger partial charge >= 0.3 is 0 Å². The van der Waals surface area contributed by atoms with Crippen molar-refractivity contribution in [2.75, 3.05) is 19.5 Å². The predicted molar refractivity (Wildman–Crippen MR) is 114 cm³/mol. The summed E-state index contributed by atoms with van der Waals surface area (Å²) in [7, 11) is 2.94. The predicted octanol–water partition coefficient (Wildman–Crippen LogP) is 2.49. The van der Waals surface area contributed by atoms with Gasteiger partial charge in [0.05, 0.1) is 20.8 Å². The second-order valence-corrected chi connectivity index (χ2v) is 6.89. The molecule has 31 heavy (non-hydrogen) atoms. The molecule has 10 nitrogen and oxygen atoms in total. The molecule has 4 aromatic rings. The molecule has 0 radical (unpaired) electrons. The van der Waals surface area contributed by atoms with Gasteiger partial charge in [0.25, 0.3) is 11.5 Å². The summed E-state index contributed by atoms with van der Waals surface area (Å²) >= 11 is 6.03. The number of hydrogen-bond donors (Lipinski definition) is 2. The van der Waals surface area contributed by atoms with Crippen molar-refractivity contribution in [1.82, 2.24) is 25.0 Å². The molecule has 0 aliphatic rings. The number of amides is 1. The second kappa shape index (κ2) is 8.44. The normalized spacial score (nSPS) is 10.8. The van der Waals surface area contributed by atoms with Crippen molar-refractivity contribution in [2.45, 2.75) is 6.54 Å². The first-order valence-electron chi connectivity index (χ1n) is 9.10. The van der Waals surface area contributed by atoms with E-state index in [2.05, 4.69) is 25.6 Å². The molecule has 4 rings (SSSR count). The number of para-hydroxylation sites is 1. The Morgan fingerprint density at radius 3 is 2.55 bits per heavy atom. The molecule has 2 aromatic heterocycles. The summed E-state index contributed by atoms with van der Waals surface area (Å²) in [6.45, 7) is 0.273. The third kappa shape index (κ3) is 4.05. The Balaban J connectivity index is 1.70. The van der Waals surface area contributed by atoms with Gasteiger partial charge in [-0.3, -0.25) is 9.59 Å². The summed E-state index contributed by atoms with van der Waals surface area (Å²) in [4.78, 5) is 32.0. The molecule has 158 valence electrons. The third-order valence-electron chi connectivity index (χ3n) is 4.48. The smallest absolute Gasteiger partial charge is 0.291 e. The first kappa shape index (κ1) is 20.4. The Labute approximate surface area is 180 Å². The monoisotopic (exact) mass is 440 g/mol. The van der Waals surface area contributed by atoms with Gasteiger partial charge < -0.3 is 19.8 Å². The number of ether oxygens (including phenoxy) is 2. The average Bonchev–Trinajstić information content (AvgIpc) is 3.17. The van der Waals surface area contributed by atoms with Crippen LogP contribution in [0.3, 0.4) is 0 Å². The number of anilines is 1. The lowest BCUT2D eigenvalue weighted by molar-refractivity contribution is 0.101. The highest BCUT2D eigenvalue weighted by Crippen LogP contribution is 2.34. The molecule has 0 unspecified atom stereocenters. The summed E-state index contributed by atoms with van der Waals surface area (Å²) in [6.07, 6.45) is 0. The van der Waals surface area contributed by atoms with Crippen LogP contribution in [0.2, 0.25) is 5.02 Å². The SMILES string of the molecule is COc1cccc(OC)c1NC(=O)c1nc2c(nnn2Cc2cccc(Cl)c2)c(=O)[nH]1. The molecule has 0 atom stereocenters. The number of carbonyl (C=O) groups excluding carboxylic acids is 1. The molecule has 11 heteroatoms. The lowest BCUT2D eigenvalue weighted by atomic mass is 10.2. The number of aromatic nitrogens is 5. The summed E-state index contributed by atoms with van der Waals surface area (Å²) in [5.74, 6) is -0.0787. The Hall–Kier alpha value is -3.92. The third-order valence-corrected chi connectivity index (χ3v) is 4.71. The first-order chi connectivity index (χ1) is 15.0. The topological polar surface area (TPSA) is 124 Å². The van der Waals surface area contributed by atoms with Crippen LogP contribution < -0.4 is 20.3 Å². The number of benzene rings is 2. The molecule has 0 aliphatic carbocycles. The van der Waals surface area contributed by atoms with Gasteiger partial charge in [0.1, 0.15) is 17.2 Å². The highest BCUT2D eigenvalue weighted by atomic mass is 35.5. The summed E-state index contributed by atoms with van der Waals surface area (Å²) in [5, 5.41) is 11.1. The second-order valence-electron chi connectivity index (χ2n) is 6.46. The van der Waals surface area contributed by atoms with E-state index < -0.39 is 11.5 Å². The fourth-order valence-electron chi connectivity index (χ4n) is 3.04. The van der Waals surface area contributed by atoms with Crippen LogP contribution in [0.5, 0.6) is 11.5 Å². The van der Waals surface area contributed by atoms with E-state index in [-0.39, 0.29) is 23.5 Å². The van der Waals surface area contributed by atoms with Crippen LogP contribution in [0.1, 0.15) is 16.2 Å². The van der Waals surface area contributed by atoms with Gasteiger partial charge in [0.2, 0.25) is 5.82 Å². The number of nitrogens with zero attached hydrogens (tertiary/aromatic N) is 4. The summed E-state index contributed by atoms with van der Waals surface area (Å²) in [5.41, 5.74) is 0.755. The molecule has 0 aliphatic heterocycles. The van der Waals surface area contributed by atoms with E-state index >= 15 is 0 Å². The maximum atomic E-state index is 12.9. The maximum absolute atomic E-state index is 12.9. The van der Waals surface area contributed by atoms with E-state index in [4.69, 9.17) is 21.1 Å². The van der Waals surface area contributed by atoms with Gasteiger partial charge in [-0.05, 0) is 29.8 Å². The van der Waals surface area contributed by atoms with Gasteiger partial charge in [0, 0.05) is 5.02 Å². The van der Waals surface area contributed by atoms with Gasteiger partial charge in [-0.1, -0.05) is 35.0 Å².